The smallest absolute Gasteiger partial charge is 0.312 e. The molecule has 8 heteroatoms. The predicted molar refractivity (Wildman–Crippen MR) is 75.7 cm³/mol. The number of amidine groups is 1. The first-order chi connectivity index (χ1) is 9.88. The van der Waals surface area contributed by atoms with Gasteiger partial charge in [-0.15, -0.1) is 0 Å². The van der Waals surface area contributed by atoms with Crippen molar-refractivity contribution in [2.24, 2.45) is 5.73 Å². The zero-order valence-electron chi connectivity index (χ0n) is 11.5. The summed E-state index contributed by atoms with van der Waals surface area (Å²) in [5, 5.41) is 18.3. The molecule has 0 radical (unpaired) electrons. The van der Waals surface area contributed by atoms with Gasteiger partial charge in [-0.3, -0.25) is 15.5 Å². The maximum absolute atomic E-state index is 11.1. The number of aromatic nitrogens is 2. The monoisotopic (exact) mass is 287 g/mol. The number of nitrogens with two attached hydrogens (primary N) is 1. The zero-order valence-corrected chi connectivity index (χ0v) is 11.5. The van der Waals surface area contributed by atoms with Gasteiger partial charge >= 0.3 is 5.69 Å². The van der Waals surface area contributed by atoms with E-state index in [9.17, 15) is 10.1 Å². The third-order valence-corrected chi connectivity index (χ3v) is 2.71. The summed E-state index contributed by atoms with van der Waals surface area (Å²) in [6.07, 6.45) is 2.53. The molecule has 0 aliphatic heterocycles. The fourth-order valence-electron chi connectivity index (χ4n) is 1.81. The van der Waals surface area contributed by atoms with E-state index in [1.807, 2.05) is 0 Å². The van der Waals surface area contributed by atoms with E-state index in [0.29, 0.717) is 5.56 Å². The first-order valence-electron chi connectivity index (χ1n) is 5.98. The molecule has 0 atom stereocenters. The van der Waals surface area contributed by atoms with Gasteiger partial charge in [0.05, 0.1) is 17.3 Å². The zero-order chi connectivity index (χ0) is 15.6. The van der Waals surface area contributed by atoms with Crippen molar-refractivity contribution < 1.29 is 9.66 Å². The van der Waals surface area contributed by atoms with Crippen molar-refractivity contribution in [3.8, 4) is 11.6 Å². The molecule has 0 aliphatic carbocycles. The number of benzene rings is 1. The maximum Gasteiger partial charge on any atom is 0.312 e. The van der Waals surface area contributed by atoms with Crippen molar-refractivity contribution in [3.05, 3.63) is 51.5 Å². The molecule has 21 heavy (non-hydrogen) atoms. The minimum atomic E-state index is -0.507. The van der Waals surface area contributed by atoms with Gasteiger partial charge in [0, 0.05) is 6.07 Å². The van der Waals surface area contributed by atoms with Crippen LogP contribution in [0.3, 0.4) is 0 Å². The number of hydrogen-bond donors (Lipinski definition) is 2. The molecule has 0 fully saturated rings. The fraction of sp³-hybridized carbons (Fsp3) is 0.154. The summed E-state index contributed by atoms with van der Waals surface area (Å²) < 4.78 is 5.46. The number of rotatable bonds is 4. The molecule has 2 rings (SSSR count). The summed E-state index contributed by atoms with van der Waals surface area (Å²) in [6, 6.07) is 3.21. The van der Waals surface area contributed by atoms with E-state index in [1.54, 1.807) is 19.9 Å². The Labute approximate surface area is 120 Å². The summed E-state index contributed by atoms with van der Waals surface area (Å²) in [5.41, 5.74) is 6.74. The maximum atomic E-state index is 11.1. The molecule has 0 saturated carbocycles. The number of ether oxygens (including phenoxy) is 1. The van der Waals surface area contributed by atoms with Gasteiger partial charge in [-0.05, 0) is 25.0 Å². The molecule has 0 aliphatic rings. The quantitative estimate of drug-likeness (QED) is 0.383. The van der Waals surface area contributed by atoms with E-state index < -0.39 is 4.92 Å². The van der Waals surface area contributed by atoms with Crippen LogP contribution in [-0.2, 0) is 0 Å². The highest BCUT2D eigenvalue weighted by Gasteiger charge is 2.19. The standard InChI is InChI=1S/C13H13N5O3/c1-7-3-8(2)12(10(4-7)18(19)20)21-11-6-16-9(5-17-11)13(14)15/h3-6H,1-2H3,(H3,14,15). The molecule has 0 bridgehead atoms. The highest BCUT2D eigenvalue weighted by molar-refractivity contribution is 5.92. The minimum absolute atomic E-state index is 0.0926. The van der Waals surface area contributed by atoms with E-state index in [2.05, 4.69) is 9.97 Å². The lowest BCUT2D eigenvalue weighted by Gasteiger charge is -2.09. The number of nitro groups is 1. The summed E-state index contributed by atoms with van der Waals surface area (Å²) in [5.74, 6) is -0.00271. The Balaban J connectivity index is 2.39. The van der Waals surface area contributed by atoms with Gasteiger partial charge < -0.3 is 10.5 Å². The van der Waals surface area contributed by atoms with Crippen LogP contribution in [0.2, 0.25) is 0 Å². The number of nitro benzene ring substituents is 1. The molecule has 1 aromatic carbocycles. The average Bonchev–Trinajstić information content (AvgIpc) is 2.41. The van der Waals surface area contributed by atoms with Crippen LogP contribution in [0.1, 0.15) is 16.8 Å². The Bertz CT molecular complexity index is 712. The molecular formula is C13H13N5O3. The molecule has 0 saturated heterocycles. The van der Waals surface area contributed by atoms with Crippen LogP contribution in [0, 0.1) is 29.4 Å². The molecule has 2 aromatic rings. The Morgan fingerprint density at radius 1 is 1.33 bits per heavy atom. The van der Waals surface area contributed by atoms with Crippen molar-refractivity contribution >= 4 is 11.5 Å². The summed E-state index contributed by atoms with van der Waals surface area (Å²) in [7, 11) is 0. The summed E-state index contributed by atoms with van der Waals surface area (Å²) in [6.45, 7) is 3.48. The third kappa shape index (κ3) is 3.11. The van der Waals surface area contributed by atoms with E-state index in [1.165, 1.54) is 18.5 Å². The van der Waals surface area contributed by atoms with Crippen LogP contribution >= 0.6 is 0 Å². The Morgan fingerprint density at radius 2 is 2.05 bits per heavy atom. The Kier molecular flexibility index (Phi) is 3.79. The number of hydrogen-bond acceptors (Lipinski definition) is 6. The summed E-state index contributed by atoms with van der Waals surface area (Å²) >= 11 is 0. The average molecular weight is 287 g/mol. The molecule has 1 aromatic heterocycles. The molecule has 0 amide bonds. The van der Waals surface area contributed by atoms with E-state index in [0.717, 1.165) is 5.56 Å². The van der Waals surface area contributed by atoms with Crippen LogP contribution in [0.15, 0.2) is 24.5 Å². The molecule has 0 spiro atoms. The second-order valence-corrected chi connectivity index (χ2v) is 4.44. The van der Waals surface area contributed by atoms with E-state index >= 15 is 0 Å². The van der Waals surface area contributed by atoms with Gasteiger partial charge in [-0.1, -0.05) is 6.07 Å². The van der Waals surface area contributed by atoms with Crippen LogP contribution < -0.4 is 10.5 Å². The van der Waals surface area contributed by atoms with Gasteiger partial charge in [0.1, 0.15) is 11.5 Å². The van der Waals surface area contributed by atoms with E-state index in [-0.39, 0.29) is 28.8 Å². The topological polar surface area (TPSA) is 128 Å². The number of nitrogens with one attached hydrogen (secondary N) is 1. The first-order valence-corrected chi connectivity index (χ1v) is 5.98. The van der Waals surface area contributed by atoms with Crippen LogP contribution in [0.5, 0.6) is 11.6 Å². The predicted octanol–water partition coefficient (Wildman–Crippen LogP) is 2.08. The molecule has 3 N–H and O–H groups in total. The minimum Gasteiger partial charge on any atom is -0.430 e. The number of aryl methyl sites for hydroxylation is 2. The first kappa shape index (κ1) is 14.4. The van der Waals surface area contributed by atoms with Crippen molar-refractivity contribution in [2.75, 3.05) is 0 Å². The largest absolute Gasteiger partial charge is 0.430 e. The molecule has 108 valence electrons. The van der Waals surface area contributed by atoms with Crippen LogP contribution in [0.4, 0.5) is 5.69 Å². The SMILES string of the molecule is Cc1cc(C)c(Oc2cnc(C(=N)N)cn2)c([N+](=O)[O-])c1. The van der Waals surface area contributed by atoms with Gasteiger partial charge in [0.2, 0.25) is 11.6 Å². The fourth-order valence-corrected chi connectivity index (χ4v) is 1.81. The Hall–Kier alpha value is -3.03. The van der Waals surface area contributed by atoms with Gasteiger partial charge in [0.15, 0.2) is 0 Å². The molecule has 0 unspecified atom stereocenters. The molecule has 8 nitrogen and oxygen atoms in total. The lowest BCUT2D eigenvalue weighted by Crippen LogP contribution is -2.13. The normalized spacial score (nSPS) is 10.2. The van der Waals surface area contributed by atoms with E-state index in [4.69, 9.17) is 15.9 Å². The highest BCUT2D eigenvalue weighted by atomic mass is 16.6. The van der Waals surface area contributed by atoms with Crippen molar-refractivity contribution in [2.45, 2.75) is 13.8 Å². The molecule has 1 heterocycles. The van der Waals surface area contributed by atoms with Crippen LogP contribution in [-0.4, -0.2) is 20.7 Å². The molecular weight excluding hydrogens is 274 g/mol. The number of nitrogens with zero attached hydrogens (tertiary/aromatic N) is 3. The third-order valence-electron chi connectivity index (χ3n) is 2.71. The summed E-state index contributed by atoms with van der Waals surface area (Å²) in [4.78, 5) is 18.4. The van der Waals surface area contributed by atoms with Crippen molar-refractivity contribution in [1.82, 2.24) is 9.97 Å². The van der Waals surface area contributed by atoms with Gasteiger partial charge in [0.25, 0.3) is 0 Å². The van der Waals surface area contributed by atoms with Gasteiger partial charge in [-0.2, -0.15) is 0 Å². The second-order valence-electron chi connectivity index (χ2n) is 4.44. The van der Waals surface area contributed by atoms with Gasteiger partial charge in [-0.25, -0.2) is 9.97 Å². The number of nitrogen functional groups attached to an aromatic ring is 1. The van der Waals surface area contributed by atoms with Crippen molar-refractivity contribution in [1.29, 1.82) is 5.41 Å². The Morgan fingerprint density at radius 3 is 2.57 bits per heavy atom. The highest BCUT2D eigenvalue weighted by Crippen LogP contribution is 2.34. The lowest BCUT2D eigenvalue weighted by molar-refractivity contribution is -0.385. The van der Waals surface area contributed by atoms with Crippen LogP contribution in [0.25, 0.3) is 0 Å². The lowest BCUT2D eigenvalue weighted by atomic mass is 10.1. The van der Waals surface area contributed by atoms with Crippen molar-refractivity contribution in [3.63, 3.8) is 0 Å². The second kappa shape index (κ2) is 5.53.